The molecule has 0 saturated heterocycles. The number of fused-ring (bicyclic) bond motifs is 1. The highest BCUT2D eigenvalue weighted by atomic mass is 19.1. The third-order valence-electron chi connectivity index (χ3n) is 4.18. The van der Waals surface area contributed by atoms with Gasteiger partial charge in [0.25, 0.3) is 0 Å². The van der Waals surface area contributed by atoms with Crippen molar-refractivity contribution in [2.45, 2.75) is 44.6 Å². The number of imidazole rings is 1. The van der Waals surface area contributed by atoms with Crippen molar-refractivity contribution in [1.29, 1.82) is 0 Å². The lowest BCUT2D eigenvalue weighted by Crippen LogP contribution is -2.11. The van der Waals surface area contributed by atoms with Crippen molar-refractivity contribution in [3.63, 3.8) is 0 Å². The summed E-state index contributed by atoms with van der Waals surface area (Å²) in [7, 11) is 1.47. The molecule has 0 radical (unpaired) electrons. The van der Waals surface area contributed by atoms with Crippen LogP contribution in [0.5, 0.6) is 5.75 Å². The number of methoxy groups -OCH3 is 1. The van der Waals surface area contributed by atoms with E-state index < -0.39 is 5.82 Å². The molecule has 0 bridgehead atoms. The average molecular weight is 277 g/mol. The molecular weight excluding hydrogens is 257 g/mol. The van der Waals surface area contributed by atoms with Crippen molar-refractivity contribution in [2.75, 3.05) is 12.8 Å². The van der Waals surface area contributed by atoms with Crippen LogP contribution in [0.15, 0.2) is 12.1 Å². The fraction of sp³-hybridized carbons (Fsp3) is 0.533. The molecule has 108 valence electrons. The first kappa shape index (κ1) is 13.2. The second-order valence-corrected chi connectivity index (χ2v) is 5.46. The first-order valence-corrected chi connectivity index (χ1v) is 7.21. The molecule has 1 aromatic carbocycles. The molecule has 0 unspecified atom stereocenters. The Hall–Kier alpha value is -1.78. The molecule has 1 aliphatic rings. The largest absolute Gasteiger partial charge is 0.494 e. The van der Waals surface area contributed by atoms with Crippen LogP contribution >= 0.6 is 0 Å². The van der Waals surface area contributed by atoms with Crippen LogP contribution in [0.25, 0.3) is 11.0 Å². The van der Waals surface area contributed by atoms with Crippen LogP contribution in [0, 0.1) is 5.82 Å². The Labute approximate surface area is 117 Å². The van der Waals surface area contributed by atoms with Crippen LogP contribution in [0.4, 0.5) is 10.3 Å². The summed E-state index contributed by atoms with van der Waals surface area (Å²) < 4.78 is 20.9. The molecule has 1 heterocycles. The lowest BCUT2D eigenvalue weighted by atomic mass is 10.1. The van der Waals surface area contributed by atoms with Crippen molar-refractivity contribution in [3.8, 4) is 5.75 Å². The Morgan fingerprint density at radius 2 is 1.95 bits per heavy atom. The Kier molecular flexibility index (Phi) is 3.51. The highest BCUT2D eigenvalue weighted by Gasteiger charge is 2.20. The molecule has 1 fully saturated rings. The number of nitrogens with two attached hydrogens (primary N) is 1. The molecular formula is C15H20FN3O. The van der Waals surface area contributed by atoms with E-state index in [1.165, 1.54) is 38.9 Å². The van der Waals surface area contributed by atoms with Crippen molar-refractivity contribution in [3.05, 3.63) is 17.9 Å². The lowest BCUT2D eigenvalue weighted by Gasteiger charge is -2.18. The van der Waals surface area contributed by atoms with Gasteiger partial charge >= 0.3 is 0 Å². The van der Waals surface area contributed by atoms with Gasteiger partial charge in [0.05, 0.1) is 18.1 Å². The second-order valence-electron chi connectivity index (χ2n) is 5.46. The fourth-order valence-electron chi connectivity index (χ4n) is 3.17. The monoisotopic (exact) mass is 277 g/mol. The molecule has 5 heteroatoms. The van der Waals surface area contributed by atoms with Gasteiger partial charge in [-0.15, -0.1) is 0 Å². The van der Waals surface area contributed by atoms with Gasteiger partial charge < -0.3 is 15.0 Å². The highest BCUT2D eigenvalue weighted by Crippen LogP contribution is 2.34. The standard InChI is InChI=1S/C15H20FN3O/c1-20-14-9-13-12(8-11(14)16)18-15(17)19(13)10-6-4-2-3-5-7-10/h8-10H,2-7H2,1H3,(H2,17,18). The van der Waals surface area contributed by atoms with Gasteiger partial charge in [-0.2, -0.15) is 0 Å². The number of nitrogens with zero attached hydrogens (tertiary/aromatic N) is 2. The number of ether oxygens (including phenoxy) is 1. The maximum atomic E-state index is 13.8. The molecule has 0 atom stereocenters. The van der Waals surface area contributed by atoms with Gasteiger partial charge in [0.2, 0.25) is 5.95 Å². The van der Waals surface area contributed by atoms with Crippen molar-refractivity contribution in [1.82, 2.24) is 9.55 Å². The number of benzene rings is 1. The molecule has 1 saturated carbocycles. The first-order valence-electron chi connectivity index (χ1n) is 7.21. The van der Waals surface area contributed by atoms with Gasteiger partial charge in [-0.05, 0) is 12.8 Å². The molecule has 1 aromatic heterocycles. The molecule has 0 amide bonds. The van der Waals surface area contributed by atoms with Crippen LogP contribution in [-0.2, 0) is 0 Å². The van der Waals surface area contributed by atoms with E-state index in [2.05, 4.69) is 9.55 Å². The van der Waals surface area contributed by atoms with Gasteiger partial charge in [0.1, 0.15) is 0 Å². The summed E-state index contributed by atoms with van der Waals surface area (Å²) in [4.78, 5) is 4.30. The number of hydrogen-bond acceptors (Lipinski definition) is 3. The molecule has 2 aromatic rings. The summed E-state index contributed by atoms with van der Waals surface area (Å²) >= 11 is 0. The molecule has 20 heavy (non-hydrogen) atoms. The van der Waals surface area contributed by atoms with Crippen LogP contribution in [0.2, 0.25) is 0 Å². The molecule has 2 N–H and O–H groups in total. The number of rotatable bonds is 2. The van der Waals surface area contributed by atoms with E-state index in [1.807, 2.05) is 0 Å². The van der Waals surface area contributed by atoms with Crippen molar-refractivity contribution in [2.24, 2.45) is 0 Å². The van der Waals surface area contributed by atoms with E-state index in [4.69, 9.17) is 10.5 Å². The average Bonchev–Trinajstić information content (AvgIpc) is 2.63. The summed E-state index contributed by atoms with van der Waals surface area (Å²) in [5.74, 6) is 0.317. The Morgan fingerprint density at radius 3 is 2.60 bits per heavy atom. The lowest BCUT2D eigenvalue weighted by molar-refractivity contribution is 0.387. The SMILES string of the molecule is COc1cc2c(cc1F)nc(N)n2C1CCCCCC1. The highest BCUT2D eigenvalue weighted by molar-refractivity contribution is 5.80. The summed E-state index contributed by atoms with van der Waals surface area (Å²) in [6, 6.07) is 3.47. The number of halogens is 1. The quantitative estimate of drug-likeness (QED) is 0.852. The summed E-state index contributed by atoms with van der Waals surface area (Å²) in [6.07, 6.45) is 7.19. The molecule has 0 aliphatic heterocycles. The second kappa shape index (κ2) is 5.31. The van der Waals surface area contributed by atoms with E-state index in [-0.39, 0.29) is 5.75 Å². The normalized spacial score (nSPS) is 17.3. The minimum atomic E-state index is -0.398. The molecule has 4 nitrogen and oxygen atoms in total. The molecule has 1 aliphatic carbocycles. The number of aromatic nitrogens is 2. The van der Waals surface area contributed by atoms with Crippen molar-refractivity contribution >= 4 is 17.0 Å². The third-order valence-corrected chi connectivity index (χ3v) is 4.18. The minimum Gasteiger partial charge on any atom is -0.494 e. The van der Waals surface area contributed by atoms with Gasteiger partial charge in [0.15, 0.2) is 11.6 Å². The Balaban J connectivity index is 2.11. The number of nitrogen functional groups attached to an aromatic ring is 1. The third kappa shape index (κ3) is 2.21. The van der Waals surface area contributed by atoms with Crippen LogP contribution < -0.4 is 10.5 Å². The van der Waals surface area contributed by atoms with Gasteiger partial charge in [-0.3, -0.25) is 0 Å². The zero-order valence-electron chi connectivity index (χ0n) is 11.7. The van der Waals surface area contributed by atoms with Gasteiger partial charge in [-0.1, -0.05) is 25.7 Å². The Morgan fingerprint density at radius 1 is 1.25 bits per heavy atom. The van der Waals surface area contributed by atoms with Crippen LogP contribution in [-0.4, -0.2) is 16.7 Å². The van der Waals surface area contributed by atoms with Gasteiger partial charge in [-0.25, -0.2) is 9.37 Å². The molecule has 0 spiro atoms. The predicted molar refractivity (Wildman–Crippen MR) is 77.4 cm³/mol. The van der Waals surface area contributed by atoms with E-state index in [0.29, 0.717) is 17.5 Å². The maximum Gasteiger partial charge on any atom is 0.201 e. The summed E-state index contributed by atoms with van der Waals surface area (Å²) in [5.41, 5.74) is 7.54. The zero-order valence-corrected chi connectivity index (χ0v) is 11.7. The summed E-state index contributed by atoms with van der Waals surface area (Å²) in [5, 5.41) is 0. The van der Waals surface area contributed by atoms with E-state index in [1.54, 1.807) is 6.07 Å². The van der Waals surface area contributed by atoms with Crippen LogP contribution in [0.3, 0.4) is 0 Å². The Bertz CT molecular complexity index is 615. The number of anilines is 1. The predicted octanol–water partition coefficient (Wildman–Crippen LogP) is 3.66. The minimum absolute atomic E-state index is 0.243. The molecule has 3 rings (SSSR count). The fourth-order valence-corrected chi connectivity index (χ4v) is 3.17. The zero-order chi connectivity index (χ0) is 14.1. The smallest absolute Gasteiger partial charge is 0.201 e. The van der Waals surface area contributed by atoms with Crippen molar-refractivity contribution < 1.29 is 9.13 Å². The van der Waals surface area contributed by atoms with E-state index in [0.717, 1.165) is 18.4 Å². The topological polar surface area (TPSA) is 53.1 Å². The number of hydrogen-bond donors (Lipinski definition) is 1. The van der Waals surface area contributed by atoms with E-state index in [9.17, 15) is 4.39 Å². The first-order chi connectivity index (χ1) is 9.70. The summed E-state index contributed by atoms with van der Waals surface area (Å²) in [6.45, 7) is 0. The van der Waals surface area contributed by atoms with Crippen LogP contribution in [0.1, 0.15) is 44.6 Å². The van der Waals surface area contributed by atoms with E-state index >= 15 is 0 Å². The maximum absolute atomic E-state index is 13.8. The van der Waals surface area contributed by atoms with Gasteiger partial charge in [0, 0.05) is 18.2 Å².